The molecule has 1 amide bonds. The number of nitrogens with two attached hydrogens (primary N) is 1. The van der Waals surface area contributed by atoms with Crippen LogP contribution in [0.4, 0.5) is 5.69 Å². The molecule has 5 nitrogen and oxygen atoms in total. The van der Waals surface area contributed by atoms with Crippen LogP contribution in [0.2, 0.25) is 0 Å². The van der Waals surface area contributed by atoms with Crippen LogP contribution in [-0.4, -0.2) is 30.8 Å². The fraction of sp³-hybridized carbons (Fsp3) is 0.462. The predicted molar refractivity (Wildman–Crippen MR) is 70.1 cm³/mol. The Morgan fingerprint density at radius 3 is 2.89 bits per heavy atom. The van der Waals surface area contributed by atoms with Gasteiger partial charge in [-0.3, -0.25) is 4.79 Å². The molecule has 1 atom stereocenters. The molecule has 0 spiro atoms. The summed E-state index contributed by atoms with van der Waals surface area (Å²) < 4.78 is 4.91. The minimum atomic E-state index is -0.563. The van der Waals surface area contributed by atoms with E-state index < -0.39 is 6.04 Å². The van der Waals surface area contributed by atoms with Crippen molar-refractivity contribution in [3.05, 3.63) is 29.8 Å². The highest BCUT2D eigenvalue weighted by atomic mass is 16.5. The summed E-state index contributed by atoms with van der Waals surface area (Å²) in [6.07, 6.45) is 1.31. The van der Waals surface area contributed by atoms with E-state index in [9.17, 15) is 4.79 Å². The Balaban J connectivity index is 2.53. The molecule has 4 N–H and O–H groups in total. The van der Waals surface area contributed by atoms with Gasteiger partial charge >= 0.3 is 0 Å². The molecule has 0 heterocycles. The van der Waals surface area contributed by atoms with Gasteiger partial charge in [-0.15, -0.1) is 0 Å². The minimum absolute atomic E-state index is 0.116. The summed E-state index contributed by atoms with van der Waals surface area (Å²) in [7, 11) is 1.61. The molecular formula is C13H20N2O3. The highest BCUT2D eigenvalue weighted by molar-refractivity contribution is 5.95. The van der Waals surface area contributed by atoms with Gasteiger partial charge in [0, 0.05) is 25.0 Å². The molecule has 0 aliphatic heterocycles. The molecule has 0 fully saturated rings. The average Bonchev–Trinajstić information content (AvgIpc) is 2.39. The van der Waals surface area contributed by atoms with Gasteiger partial charge in [-0.1, -0.05) is 18.2 Å². The first-order valence-corrected chi connectivity index (χ1v) is 5.93. The smallest absolute Gasteiger partial charge is 0.241 e. The topological polar surface area (TPSA) is 84.6 Å². The molecule has 18 heavy (non-hydrogen) atoms. The summed E-state index contributed by atoms with van der Waals surface area (Å²) in [4.78, 5) is 11.8. The molecule has 0 aliphatic carbocycles. The normalized spacial score (nSPS) is 12.2. The first-order chi connectivity index (χ1) is 8.69. The van der Waals surface area contributed by atoms with Crippen molar-refractivity contribution in [2.75, 3.05) is 19.0 Å². The molecule has 0 aromatic heterocycles. The second-order valence-electron chi connectivity index (χ2n) is 4.05. The average molecular weight is 252 g/mol. The lowest BCUT2D eigenvalue weighted by atomic mass is 10.1. The van der Waals surface area contributed by atoms with Gasteiger partial charge in [-0.2, -0.15) is 0 Å². The lowest BCUT2D eigenvalue weighted by Gasteiger charge is -2.14. The minimum Gasteiger partial charge on any atom is -0.392 e. The van der Waals surface area contributed by atoms with Crippen LogP contribution >= 0.6 is 0 Å². The van der Waals surface area contributed by atoms with Crippen LogP contribution in [0.15, 0.2) is 24.3 Å². The Labute approximate surface area is 107 Å². The number of ether oxygens (including phenoxy) is 1. The highest BCUT2D eigenvalue weighted by Crippen LogP contribution is 2.15. The third kappa shape index (κ3) is 4.44. The summed E-state index contributed by atoms with van der Waals surface area (Å²) in [5.74, 6) is -0.244. The maximum absolute atomic E-state index is 11.8. The number of amides is 1. The molecule has 100 valence electrons. The lowest BCUT2D eigenvalue weighted by Crippen LogP contribution is -2.36. The van der Waals surface area contributed by atoms with Gasteiger partial charge in [0.25, 0.3) is 0 Å². The SMILES string of the molecule is COCCCC(N)C(=O)Nc1ccccc1CO. The molecule has 1 rings (SSSR count). The van der Waals surface area contributed by atoms with Crippen molar-refractivity contribution in [2.24, 2.45) is 5.73 Å². The molecule has 1 aromatic rings. The molecule has 0 bridgehead atoms. The van der Waals surface area contributed by atoms with Gasteiger partial charge in [0.05, 0.1) is 12.6 Å². The number of carbonyl (C=O) groups is 1. The number of para-hydroxylation sites is 1. The molecule has 0 radical (unpaired) electrons. The van der Waals surface area contributed by atoms with Crippen LogP contribution < -0.4 is 11.1 Å². The predicted octanol–water partition coefficient (Wildman–Crippen LogP) is 0.871. The van der Waals surface area contributed by atoms with E-state index in [-0.39, 0.29) is 12.5 Å². The third-order valence-electron chi connectivity index (χ3n) is 2.65. The van der Waals surface area contributed by atoms with Crippen molar-refractivity contribution in [1.82, 2.24) is 0 Å². The Morgan fingerprint density at radius 2 is 2.22 bits per heavy atom. The van der Waals surface area contributed by atoms with Crippen molar-refractivity contribution in [1.29, 1.82) is 0 Å². The zero-order valence-corrected chi connectivity index (χ0v) is 10.6. The van der Waals surface area contributed by atoms with E-state index >= 15 is 0 Å². The molecule has 5 heteroatoms. The maximum Gasteiger partial charge on any atom is 0.241 e. The van der Waals surface area contributed by atoms with E-state index in [2.05, 4.69) is 5.32 Å². The Kier molecular flexibility index (Phi) is 6.35. The fourth-order valence-electron chi connectivity index (χ4n) is 1.58. The lowest BCUT2D eigenvalue weighted by molar-refractivity contribution is -0.117. The number of aliphatic hydroxyl groups excluding tert-OH is 1. The van der Waals surface area contributed by atoms with Gasteiger partial charge in [0.1, 0.15) is 0 Å². The first kappa shape index (κ1) is 14.6. The first-order valence-electron chi connectivity index (χ1n) is 5.93. The highest BCUT2D eigenvalue weighted by Gasteiger charge is 2.14. The van der Waals surface area contributed by atoms with Gasteiger partial charge in [-0.25, -0.2) is 0 Å². The van der Waals surface area contributed by atoms with Crippen LogP contribution in [0, 0.1) is 0 Å². The summed E-state index contributed by atoms with van der Waals surface area (Å²) in [6, 6.07) is 6.54. The molecule has 0 saturated heterocycles. The van der Waals surface area contributed by atoms with Crippen molar-refractivity contribution in [3.8, 4) is 0 Å². The molecular weight excluding hydrogens is 232 g/mol. The van der Waals surface area contributed by atoms with Crippen molar-refractivity contribution < 1.29 is 14.6 Å². The van der Waals surface area contributed by atoms with Crippen molar-refractivity contribution >= 4 is 11.6 Å². The van der Waals surface area contributed by atoms with Crippen LogP contribution in [-0.2, 0) is 16.1 Å². The van der Waals surface area contributed by atoms with Gasteiger partial charge in [0.15, 0.2) is 0 Å². The van der Waals surface area contributed by atoms with E-state index in [1.807, 2.05) is 0 Å². The number of anilines is 1. The van der Waals surface area contributed by atoms with E-state index in [4.69, 9.17) is 15.6 Å². The number of rotatable bonds is 7. The standard InChI is InChI=1S/C13H20N2O3/c1-18-8-4-6-11(14)13(17)15-12-7-3-2-5-10(12)9-16/h2-3,5,7,11,16H,4,6,8-9,14H2,1H3,(H,15,17). The number of methoxy groups -OCH3 is 1. The van der Waals surface area contributed by atoms with Gasteiger partial charge in [0.2, 0.25) is 5.91 Å². The summed E-state index contributed by atoms with van der Waals surface area (Å²) >= 11 is 0. The van der Waals surface area contributed by atoms with Crippen LogP contribution in [0.1, 0.15) is 18.4 Å². The Bertz CT molecular complexity index is 382. The summed E-state index contributed by atoms with van der Waals surface area (Å²) in [5.41, 5.74) is 7.05. The molecule has 1 unspecified atom stereocenters. The van der Waals surface area contributed by atoms with E-state index in [0.717, 1.165) is 6.42 Å². The van der Waals surface area contributed by atoms with Crippen molar-refractivity contribution in [2.45, 2.75) is 25.5 Å². The zero-order valence-electron chi connectivity index (χ0n) is 10.6. The number of nitrogens with one attached hydrogen (secondary N) is 1. The number of hydrogen-bond donors (Lipinski definition) is 3. The number of hydrogen-bond acceptors (Lipinski definition) is 4. The zero-order chi connectivity index (χ0) is 13.4. The van der Waals surface area contributed by atoms with E-state index in [1.54, 1.807) is 31.4 Å². The van der Waals surface area contributed by atoms with Crippen LogP contribution in [0.5, 0.6) is 0 Å². The summed E-state index contributed by atoms with van der Waals surface area (Å²) in [6.45, 7) is 0.476. The van der Waals surface area contributed by atoms with Gasteiger partial charge < -0.3 is 20.9 Å². The molecule has 1 aromatic carbocycles. The second-order valence-corrected chi connectivity index (χ2v) is 4.05. The fourth-order valence-corrected chi connectivity index (χ4v) is 1.58. The van der Waals surface area contributed by atoms with Crippen molar-refractivity contribution in [3.63, 3.8) is 0 Å². The molecule has 0 aliphatic rings. The number of benzene rings is 1. The van der Waals surface area contributed by atoms with E-state index in [0.29, 0.717) is 24.3 Å². The largest absolute Gasteiger partial charge is 0.392 e. The quantitative estimate of drug-likeness (QED) is 0.629. The number of carbonyl (C=O) groups excluding carboxylic acids is 1. The second kappa shape index (κ2) is 7.81. The van der Waals surface area contributed by atoms with Crippen LogP contribution in [0.3, 0.4) is 0 Å². The van der Waals surface area contributed by atoms with Gasteiger partial charge in [-0.05, 0) is 18.9 Å². The van der Waals surface area contributed by atoms with Crippen LogP contribution in [0.25, 0.3) is 0 Å². The Morgan fingerprint density at radius 1 is 1.50 bits per heavy atom. The Hall–Kier alpha value is -1.43. The maximum atomic E-state index is 11.8. The molecule has 0 saturated carbocycles. The third-order valence-corrected chi connectivity index (χ3v) is 2.65. The monoisotopic (exact) mass is 252 g/mol. The number of aliphatic hydroxyl groups is 1. The van der Waals surface area contributed by atoms with E-state index in [1.165, 1.54) is 0 Å². The summed E-state index contributed by atoms with van der Waals surface area (Å²) in [5, 5.41) is 11.9.